The number of rotatable bonds is 5. The van der Waals surface area contributed by atoms with E-state index in [0.717, 1.165) is 67.9 Å². The van der Waals surface area contributed by atoms with E-state index in [2.05, 4.69) is 28.9 Å². The fourth-order valence-corrected chi connectivity index (χ4v) is 6.54. The van der Waals surface area contributed by atoms with Gasteiger partial charge in [-0.3, -0.25) is 0 Å². The normalized spacial score (nSPS) is 25.1. The third kappa shape index (κ3) is 4.48. The average molecular weight is 506 g/mol. The predicted molar refractivity (Wildman–Crippen MR) is 141 cm³/mol. The molecule has 1 heterocycles. The van der Waals surface area contributed by atoms with E-state index >= 15 is 0 Å². The molecule has 0 aromatic heterocycles. The van der Waals surface area contributed by atoms with Crippen LogP contribution in [-0.4, -0.2) is 39.1 Å². The summed E-state index contributed by atoms with van der Waals surface area (Å²) in [7, 11) is 1.40. The Labute approximate surface area is 218 Å². The van der Waals surface area contributed by atoms with Gasteiger partial charge in [0.05, 0.1) is 30.9 Å². The maximum atomic E-state index is 12.4. The van der Waals surface area contributed by atoms with Crippen molar-refractivity contribution in [1.29, 1.82) is 0 Å². The number of fused-ring (bicyclic) bond motifs is 3. The molecule has 0 radical (unpaired) electrons. The zero-order chi connectivity index (χ0) is 25.3. The van der Waals surface area contributed by atoms with Crippen LogP contribution in [0.3, 0.4) is 0 Å². The Morgan fingerprint density at radius 1 is 1.31 bits per heavy atom. The predicted octanol–water partition coefficient (Wildman–Crippen LogP) is 5.46. The van der Waals surface area contributed by atoms with Crippen LogP contribution >= 0.6 is 11.6 Å². The zero-order valence-corrected chi connectivity index (χ0v) is 21.6. The molecule has 0 bridgehead atoms. The summed E-state index contributed by atoms with van der Waals surface area (Å²) in [5.74, 6) is 6.81. The maximum absolute atomic E-state index is 12.4. The highest BCUT2D eigenvalue weighted by molar-refractivity contribution is 6.30. The van der Waals surface area contributed by atoms with Gasteiger partial charge in [-0.25, -0.2) is 4.79 Å². The molecule has 0 saturated heterocycles. The van der Waals surface area contributed by atoms with Gasteiger partial charge < -0.3 is 19.2 Å². The summed E-state index contributed by atoms with van der Waals surface area (Å²) in [5, 5.41) is 0.762. The van der Waals surface area contributed by atoms with Crippen LogP contribution in [0.25, 0.3) is 0 Å². The number of carbonyl (C=O) groups excluding carboxylic acids is 2. The van der Waals surface area contributed by atoms with Crippen LogP contribution < -0.4 is 9.64 Å². The average Bonchev–Trinajstić information content (AvgIpc) is 3.02. The van der Waals surface area contributed by atoms with E-state index in [4.69, 9.17) is 21.1 Å². The number of methoxy groups -OCH3 is 1. The number of anilines is 1. The van der Waals surface area contributed by atoms with E-state index in [-0.39, 0.29) is 23.2 Å². The first-order valence-electron chi connectivity index (χ1n) is 12.7. The van der Waals surface area contributed by atoms with Crippen molar-refractivity contribution in [3.8, 4) is 17.6 Å². The molecular formula is C30H32ClNO4. The lowest BCUT2D eigenvalue weighted by molar-refractivity contribution is -0.112. The van der Waals surface area contributed by atoms with E-state index in [1.54, 1.807) is 13.0 Å². The van der Waals surface area contributed by atoms with Gasteiger partial charge >= 0.3 is 5.97 Å². The van der Waals surface area contributed by atoms with Crippen LogP contribution in [0.1, 0.15) is 54.1 Å². The molecule has 4 atom stereocenters. The molecule has 188 valence electrons. The van der Waals surface area contributed by atoms with Crippen LogP contribution in [0.2, 0.25) is 5.02 Å². The summed E-state index contributed by atoms with van der Waals surface area (Å²) in [4.78, 5) is 26.5. The largest absolute Gasteiger partial charge is 0.490 e. The van der Waals surface area contributed by atoms with Crippen LogP contribution in [0.4, 0.5) is 5.69 Å². The molecule has 2 aromatic rings. The maximum Gasteiger partial charge on any atom is 0.337 e. The molecule has 0 unspecified atom stereocenters. The van der Waals surface area contributed by atoms with Gasteiger partial charge in [0.1, 0.15) is 12.0 Å². The molecule has 5 nitrogen and oxygen atoms in total. The number of hydrogen-bond donors (Lipinski definition) is 0. The molecule has 1 aliphatic heterocycles. The first-order valence-corrected chi connectivity index (χ1v) is 13.1. The van der Waals surface area contributed by atoms with Gasteiger partial charge in [-0.15, -0.1) is 5.92 Å². The molecule has 1 spiro atoms. The van der Waals surface area contributed by atoms with E-state index in [0.29, 0.717) is 18.1 Å². The molecule has 0 amide bonds. The lowest BCUT2D eigenvalue weighted by Gasteiger charge is -2.45. The van der Waals surface area contributed by atoms with Crippen molar-refractivity contribution in [2.75, 3.05) is 31.7 Å². The van der Waals surface area contributed by atoms with Gasteiger partial charge in [0.25, 0.3) is 0 Å². The number of benzene rings is 2. The fourth-order valence-electron chi connectivity index (χ4n) is 6.34. The highest BCUT2D eigenvalue weighted by atomic mass is 35.5. The van der Waals surface area contributed by atoms with Crippen LogP contribution in [-0.2, 0) is 21.4 Å². The Morgan fingerprint density at radius 3 is 2.89 bits per heavy atom. The summed E-state index contributed by atoms with van der Waals surface area (Å²) < 4.78 is 11.5. The standard InChI is InChI=1S/C30H32ClNO4/c1-3-5-23(17-33)25-10-7-22(25)16-32-18-30(13-4-6-20-14-24(31)9-11-26(20)30)19-36-28-12-8-21(15-27(28)32)29(34)35-2/h8-9,11-12,14-15,17,22-23,25H,4,6-7,10,13,16,18-19H2,1-2H3/t22-,23-,25+,30-/m0/s1. The topological polar surface area (TPSA) is 55.8 Å². The summed E-state index contributed by atoms with van der Waals surface area (Å²) in [6.45, 7) is 3.91. The summed E-state index contributed by atoms with van der Waals surface area (Å²) in [6.07, 6.45) is 6.17. The van der Waals surface area contributed by atoms with Gasteiger partial charge in [-0.2, -0.15) is 0 Å². The summed E-state index contributed by atoms with van der Waals surface area (Å²) in [5.41, 5.74) is 3.82. The molecule has 1 saturated carbocycles. The first kappa shape index (κ1) is 24.7. The van der Waals surface area contributed by atoms with Crippen molar-refractivity contribution in [2.45, 2.75) is 44.4 Å². The van der Waals surface area contributed by atoms with Crippen molar-refractivity contribution in [1.82, 2.24) is 0 Å². The van der Waals surface area contributed by atoms with Gasteiger partial charge in [0.2, 0.25) is 0 Å². The van der Waals surface area contributed by atoms with Crippen LogP contribution in [0.5, 0.6) is 5.75 Å². The number of aldehydes is 1. The Hall–Kier alpha value is -2.97. The van der Waals surface area contributed by atoms with Crippen LogP contribution in [0, 0.1) is 29.6 Å². The molecule has 3 aliphatic rings. The quantitative estimate of drug-likeness (QED) is 0.306. The highest BCUT2D eigenvalue weighted by Crippen LogP contribution is 2.47. The third-order valence-corrected chi connectivity index (χ3v) is 8.54. The number of hydrogen-bond acceptors (Lipinski definition) is 5. The van der Waals surface area contributed by atoms with E-state index < -0.39 is 0 Å². The second-order valence-electron chi connectivity index (χ2n) is 10.3. The van der Waals surface area contributed by atoms with E-state index in [1.807, 2.05) is 18.2 Å². The molecule has 5 rings (SSSR count). The summed E-state index contributed by atoms with van der Waals surface area (Å²) >= 11 is 6.35. The number of halogens is 1. The van der Waals surface area contributed by atoms with Gasteiger partial charge in [0.15, 0.2) is 0 Å². The second-order valence-corrected chi connectivity index (χ2v) is 10.8. The number of ether oxygens (including phenoxy) is 2. The lowest BCUT2D eigenvalue weighted by Crippen LogP contribution is -2.49. The van der Waals surface area contributed by atoms with Crippen molar-refractivity contribution in [3.63, 3.8) is 0 Å². The minimum absolute atomic E-state index is 0.185. The Kier molecular flexibility index (Phi) is 6.99. The van der Waals surface area contributed by atoms with Gasteiger partial charge in [0, 0.05) is 23.5 Å². The minimum atomic E-state index is -0.366. The SMILES string of the molecule is CC#C[C@@H](C=O)[C@@H]1CC[C@H]1CN1C[C@@]2(CCCc3cc(Cl)ccc32)COc2ccc(C(=O)OC)cc21. The number of esters is 1. The fraction of sp³-hybridized carbons (Fsp3) is 0.467. The zero-order valence-electron chi connectivity index (χ0n) is 20.9. The molecule has 1 fully saturated rings. The van der Waals surface area contributed by atoms with Crippen LogP contribution in [0.15, 0.2) is 36.4 Å². The molecule has 36 heavy (non-hydrogen) atoms. The van der Waals surface area contributed by atoms with E-state index in [9.17, 15) is 9.59 Å². The van der Waals surface area contributed by atoms with Gasteiger partial charge in [-0.05, 0) is 92.3 Å². The smallest absolute Gasteiger partial charge is 0.337 e. The molecular weight excluding hydrogens is 474 g/mol. The molecule has 6 heteroatoms. The minimum Gasteiger partial charge on any atom is -0.490 e. The number of nitrogens with zero attached hydrogens (tertiary/aromatic N) is 1. The Balaban J connectivity index is 1.54. The third-order valence-electron chi connectivity index (χ3n) is 8.31. The van der Waals surface area contributed by atoms with Crippen molar-refractivity contribution in [3.05, 3.63) is 58.1 Å². The van der Waals surface area contributed by atoms with E-state index in [1.165, 1.54) is 18.2 Å². The second kappa shape index (κ2) is 10.2. The monoisotopic (exact) mass is 505 g/mol. The Bertz CT molecular complexity index is 1230. The number of aryl methyl sites for hydroxylation is 1. The first-order chi connectivity index (χ1) is 17.5. The van der Waals surface area contributed by atoms with Crippen molar-refractivity contribution >= 4 is 29.5 Å². The highest BCUT2D eigenvalue weighted by Gasteiger charge is 2.44. The van der Waals surface area contributed by atoms with Crippen molar-refractivity contribution in [2.24, 2.45) is 17.8 Å². The Morgan fingerprint density at radius 2 is 2.17 bits per heavy atom. The molecule has 2 aromatic carbocycles. The summed E-state index contributed by atoms with van der Waals surface area (Å²) in [6, 6.07) is 11.8. The molecule has 0 N–H and O–H groups in total. The molecule has 2 aliphatic carbocycles. The van der Waals surface area contributed by atoms with Gasteiger partial charge in [-0.1, -0.05) is 23.6 Å². The lowest BCUT2D eigenvalue weighted by atomic mass is 9.66. The number of carbonyl (C=O) groups is 2. The van der Waals surface area contributed by atoms with Crippen molar-refractivity contribution < 1.29 is 19.1 Å².